The molecule has 1 aliphatic heterocycles. The normalized spacial score (nSPS) is 21.5. The summed E-state index contributed by atoms with van der Waals surface area (Å²) in [6, 6.07) is 0.363. The summed E-state index contributed by atoms with van der Waals surface area (Å²) in [5.74, 6) is 0.0824. The number of carbonyl (C=O) groups excluding carboxylic acids is 2. The maximum Gasteiger partial charge on any atom is 0.273 e. The van der Waals surface area contributed by atoms with E-state index in [4.69, 9.17) is 0 Å². The Bertz CT molecular complexity index is 573. The molecule has 0 saturated heterocycles. The number of hydrogen-bond acceptors (Lipinski definition) is 3. The summed E-state index contributed by atoms with van der Waals surface area (Å²) in [6.07, 6.45) is 7.87. The molecule has 1 fully saturated rings. The van der Waals surface area contributed by atoms with Gasteiger partial charge in [0.2, 0.25) is 5.91 Å². The summed E-state index contributed by atoms with van der Waals surface area (Å²) in [4.78, 5) is 30.3. The fourth-order valence-electron chi connectivity index (χ4n) is 3.46. The van der Waals surface area contributed by atoms with Gasteiger partial charge in [-0.3, -0.25) is 9.59 Å². The Balaban J connectivity index is 1.66. The molecule has 6 heteroatoms. The number of rotatable bonds is 3. The number of hydrogen-bond donors (Lipinski definition) is 1. The highest BCUT2D eigenvalue weighted by atomic mass is 16.2. The van der Waals surface area contributed by atoms with Crippen molar-refractivity contribution in [1.82, 2.24) is 19.8 Å². The molecular formula is C16H24N4O2. The summed E-state index contributed by atoms with van der Waals surface area (Å²) in [5, 5.41) is 3.18. The minimum atomic E-state index is -0.0670. The van der Waals surface area contributed by atoms with Crippen LogP contribution in [0.4, 0.5) is 0 Å². The lowest BCUT2D eigenvalue weighted by Gasteiger charge is -2.25. The Kier molecular flexibility index (Phi) is 4.18. The Hall–Kier alpha value is -1.85. The molecule has 1 aromatic heterocycles. The monoisotopic (exact) mass is 304 g/mol. The van der Waals surface area contributed by atoms with Crippen molar-refractivity contribution in [2.75, 3.05) is 14.1 Å². The molecule has 6 nitrogen and oxygen atoms in total. The molecular weight excluding hydrogens is 280 g/mol. The zero-order valence-electron chi connectivity index (χ0n) is 13.3. The zero-order valence-corrected chi connectivity index (χ0v) is 13.3. The molecule has 1 aliphatic carbocycles. The molecule has 1 unspecified atom stereocenters. The van der Waals surface area contributed by atoms with E-state index in [9.17, 15) is 9.59 Å². The first kappa shape index (κ1) is 15.1. The van der Waals surface area contributed by atoms with Crippen LogP contribution in [0.2, 0.25) is 0 Å². The van der Waals surface area contributed by atoms with E-state index < -0.39 is 0 Å². The largest absolute Gasteiger partial charge is 0.353 e. The van der Waals surface area contributed by atoms with Crippen LogP contribution in [-0.2, 0) is 17.8 Å². The van der Waals surface area contributed by atoms with Gasteiger partial charge in [0.05, 0.1) is 17.9 Å². The number of fused-ring (bicyclic) bond motifs is 1. The number of carbonyl (C=O) groups is 2. The summed E-state index contributed by atoms with van der Waals surface area (Å²) in [6.45, 7) is 0.627. The van der Waals surface area contributed by atoms with Crippen LogP contribution in [0, 0.1) is 5.92 Å². The third-order valence-electron chi connectivity index (χ3n) is 4.77. The van der Waals surface area contributed by atoms with Crippen molar-refractivity contribution in [3.8, 4) is 0 Å². The Labute approximate surface area is 130 Å². The first-order valence-electron chi connectivity index (χ1n) is 8.12. The summed E-state index contributed by atoms with van der Waals surface area (Å²) >= 11 is 0. The highest BCUT2D eigenvalue weighted by Gasteiger charge is 2.30. The number of nitrogens with zero attached hydrogens (tertiary/aromatic N) is 3. The van der Waals surface area contributed by atoms with E-state index in [0.717, 1.165) is 31.4 Å². The molecule has 1 N–H and O–H groups in total. The van der Waals surface area contributed by atoms with E-state index >= 15 is 0 Å². The second-order valence-electron chi connectivity index (χ2n) is 6.62. The van der Waals surface area contributed by atoms with Crippen LogP contribution in [0.15, 0.2) is 6.33 Å². The fraction of sp³-hybridized carbons (Fsp3) is 0.688. The SMILES string of the molecule is CN(C)C(=O)c1ncn2c1CCC(C(=O)NC1CCCC1)C2. The van der Waals surface area contributed by atoms with Crippen LogP contribution < -0.4 is 5.32 Å². The van der Waals surface area contributed by atoms with Crippen molar-refractivity contribution in [3.05, 3.63) is 17.7 Å². The van der Waals surface area contributed by atoms with Crippen molar-refractivity contribution < 1.29 is 9.59 Å². The average Bonchev–Trinajstić information content (AvgIpc) is 3.14. The molecule has 2 amide bonds. The van der Waals surface area contributed by atoms with Gasteiger partial charge in [0, 0.05) is 26.7 Å². The summed E-state index contributed by atoms with van der Waals surface area (Å²) < 4.78 is 1.97. The molecule has 3 rings (SSSR count). The molecule has 1 aromatic rings. The number of nitrogens with one attached hydrogen (secondary N) is 1. The predicted octanol–water partition coefficient (Wildman–Crippen LogP) is 1.21. The predicted molar refractivity (Wildman–Crippen MR) is 82.5 cm³/mol. The van der Waals surface area contributed by atoms with Crippen LogP contribution >= 0.6 is 0 Å². The molecule has 1 saturated carbocycles. The highest BCUT2D eigenvalue weighted by molar-refractivity contribution is 5.93. The van der Waals surface area contributed by atoms with E-state index in [-0.39, 0.29) is 17.7 Å². The van der Waals surface area contributed by atoms with E-state index in [1.54, 1.807) is 25.3 Å². The number of aromatic nitrogens is 2. The summed E-state index contributed by atoms with van der Waals surface area (Å²) in [5.41, 5.74) is 1.49. The first-order chi connectivity index (χ1) is 10.6. The standard InChI is InChI=1S/C16H24N4O2/c1-19(2)16(22)14-13-8-7-11(9-20(13)10-17-14)15(21)18-12-5-3-4-6-12/h10-12H,3-9H2,1-2H3,(H,18,21). The lowest BCUT2D eigenvalue weighted by Crippen LogP contribution is -2.40. The van der Waals surface area contributed by atoms with Gasteiger partial charge in [0.15, 0.2) is 0 Å². The molecule has 1 atom stereocenters. The smallest absolute Gasteiger partial charge is 0.273 e. The van der Waals surface area contributed by atoms with Crippen molar-refractivity contribution in [2.45, 2.75) is 51.1 Å². The third-order valence-corrected chi connectivity index (χ3v) is 4.77. The minimum Gasteiger partial charge on any atom is -0.353 e. The average molecular weight is 304 g/mol. The lowest BCUT2D eigenvalue weighted by molar-refractivity contribution is -0.126. The summed E-state index contributed by atoms with van der Waals surface area (Å²) in [7, 11) is 3.46. The van der Waals surface area contributed by atoms with Gasteiger partial charge in [-0.1, -0.05) is 12.8 Å². The van der Waals surface area contributed by atoms with Gasteiger partial charge in [-0.25, -0.2) is 4.98 Å². The van der Waals surface area contributed by atoms with E-state index in [0.29, 0.717) is 18.3 Å². The van der Waals surface area contributed by atoms with Crippen molar-refractivity contribution in [2.24, 2.45) is 5.92 Å². The molecule has 22 heavy (non-hydrogen) atoms. The number of amides is 2. The number of imidazole rings is 1. The molecule has 0 spiro atoms. The molecule has 0 bridgehead atoms. The van der Waals surface area contributed by atoms with Gasteiger partial charge in [0.25, 0.3) is 5.91 Å². The van der Waals surface area contributed by atoms with E-state index in [1.807, 2.05) is 4.57 Å². The maximum atomic E-state index is 12.4. The third kappa shape index (κ3) is 2.87. The maximum absolute atomic E-state index is 12.4. The van der Waals surface area contributed by atoms with Crippen LogP contribution in [0.3, 0.4) is 0 Å². The molecule has 2 aliphatic rings. The van der Waals surface area contributed by atoms with Gasteiger partial charge in [0.1, 0.15) is 5.69 Å². The minimum absolute atomic E-state index is 0.00962. The molecule has 120 valence electrons. The fourth-order valence-corrected chi connectivity index (χ4v) is 3.46. The van der Waals surface area contributed by atoms with E-state index in [2.05, 4.69) is 10.3 Å². The Morgan fingerprint density at radius 1 is 1.27 bits per heavy atom. The highest BCUT2D eigenvalue weighted by Crippen LogP contribution is 2.24. The van der Waals surface area contributed by atoms with Crippen LogP contribution in [-0.4, -0.2) is 46.4 Å². The Morgan fingerprint density at radius 3 is 2.68 bits per heavy atom. The molecule has 0 aromatic carbocycles. The van der Waals surface area contributed by atoms with Crippen molar-refractivity contribution >= 4 is 11.8 Å². The second-order valence-corrected chi connectivity index (χ2v) is 6.62. The molecule has 2 heterocycles. The van der Waals surface area contributed by atoms with Gasteiger partial charge >= 0.3 is 0 Å². The molecule has 0 radical (unpaired) electrons. The topological polar surface area (TPSA) is 67.2 Å². The van der Waals surface area contributed by atoms with Crippen LogP contribution in [0.25, 0.3) is 0 Å². The lowest BCUT2D eigenvalue weighted by atomic mass is 9.95. The van der Waals surface area contributed by atoms with Gasteiger partial charge in [-0.15, -0.1) is 0 Å². The van der Waals surface area contributed by atoms with Gasteiger partial charge in [-0.2, -0.15) is 0 Å². The van der Waals surface area contributed by atoms with Crippen molar-refractivity contribution in [1.29, 1.82) is 0 Å². The second kappa shape index (κ2) is 6.10. The van der Waals surface area contributed by atoms with Crippen LogP contribution in [0.1, 0.15) is 48.3 Å². The Morgan fingerprint density at radius 2 is 2.00 bits per heavy atom. The van der Waals surface area contributed by atoms with Gasteiger partial charge in [-0.05, 0) is 25.7 Å². The zero-order chi connectivity index (χ0) is 15.7. The van der Waals surface area contributed by atoms with Gasteiger partial charge < -0.3 is 14.8 Å². The van der Waals surface area contributed by atoms with Crippen molar-refractivity contribution in [3.63, 3.8) is 0 Å². The first-order valence-corrected chi connectivity index (χ1v) is 8.12. The van der Waals surface area contributed by atoms with E-state index in [1.165, 1.54) is 12.8 Å². The quantitative estimate of drug-likeness (QED) is 0.912. The van der Waals surface area contributed by atoms with Crippen LogP contribution in [0.5, 0.6) is 0 Å².